The van der Waals surface area contributed by atoms with Crippen molar-refractivity contribution >= 4 is 23.4 Å². The van der Waals surface area contributed by atoms with Gasteiger partial charge in [-0.15, -0.1) is 11.8 Å². The summed E-state index contributed by atoms with van der Waals surface area (Å²) in [6, 6.07) is 5.65. The normalized spacial score (nSPS) is 10.2. The lowest BCUT2D eigenvalue weighted by Gasteiger charge is -2.06. The van der Waals surface area contributed by atoms with Crippen LogP contribution in [0.3, 0.4) is 0 Å². The summed E-state index contributed by atoms with van der Waals surface area (Å²) in [6.07, 6.45) is 0. The number of rotatable bonds is 5. The van der Waals surface area contributed by atoms with Crippen molar-refractivity contribution in [3.05, 3.63) is 23.2 Å². The predicted octanol–water partition coefficient (Wildman–Crippen LogP) is 2.82. The zero-order valence-corrected chi connectivity index (χ0v) is 9.57. The van der Waals surface area contributed by atoms with Gasteiger partial charge in [-0.05, 0) is 25.1 Å². The van der Waals surface area contributed by atoms with Gasteiger partial charge in [-0.25, -0.2) is 0 Å². The van der Waals surface area contributed by atoms with Crippen molar-refractivity contribution in [2.24, 2.45) is 0 Å². The number of hydrogen-bond acceptors (Lipinski definition) is 3. The van der Waals surface area contributed by atoms with E-state index in [9.17, 15) is 0 Å². The number of hydrogen-bond donors (Lipinski definition) is 1. The summed E-state index contributed by atoms with van der Waals surface area (Å²) < 4.78 is 5.31. The summed E-state index contributed by atoms with van der Waals surface area (Å²) in [5.41, 5.74) is 0. The molecular formula is C10H13ClO2S. The predicted molar refractivity (Wildman–Crippen MR) is 60.4 cm³/mol. The molecule has 0 atom stereocenters. The maximum atomic E-state index is 8.66. The Morgan fingerprint density at radius 1 is 1.50 bits per heavy atom. The standard InChI is InChI=1S/C10H13ClO2S/c1-2-13-10-4-3-8(7-9(10)11)14-6-5-12/h3-4,7,12H,2,5-6H2,1H3. The van der Waals surface area contributed by atoms with Gasteiger partial charge in [-0.2, -0.15) is 0 Å². The van der Waals surface area contributed by atoms with Gasteiger partial charge in [0.15, 0.2) is 0 Å². The van der Waals surface area contributed by atoms with E-state index in [4.69, 9.17) is 21.4 Å². The van der Waals surface area contributed by atoms with E-state index in [0.717, 1.165) is 4.90 Å². The summed E-state index contributed by atoms with van der Waals surface area (Å²) in [6.45, 7) is 2.71. The van der Waals surface area contributed by atoms with Crippen LogP contribution in [0.4, 0.5) is 0 Å². The van der Waals surface area contributed by atoms with E-state index in [1.807, 2.05) is 25.1 Å². The largest absolute Gasteiger partial charge is 0.492 e. The highest BCUT2D eigenvalue weighted by atomic mass is 35.5. The van der Waals surface area contributed by atoms with Gasteiger partial charge in [0.05, 0.1) is 18.2 Å². The van der Waals surface area contributed by atoms with Gasteiger partial charge in [-0.3, -0.25) is 0 Å². The molecule has 0 fully saturated rings. The molecule has 0 aliphatic carbocycles. The molecule has 1 aromatic rings. The fourth-order valence-corrected chi connectivity index (χ4v) is 2.00. The fraction of sp³-hybridized carbons (Fsp3) is 0.400. The quantitative estimate of drug-likeness (QED) is 0.792. The number of halogens is 1. The van der Waals surface area contributed by atoms with E-state index in [2.05, 4.69) is 0 Å². The van der Waals surface area contributed by atoms with Crippen LogP contribution in [0.5, 0.6) is 5.75 Å². The third-order valence-electron chi connectivity index (χ3n) is 1.56. The van der Waals surface area contributed by atoms with Crippen LogP contribution >= 0.6 is 23.4 Å². The van der Waals surface area contributed by atoms with Gasteiger partial charge in [0, 0.05) is 10.6 Å². The first-order valence-corrected chi connectivity index (χ1v) is 5.80. The van der Waals surface area contributed by atoms with Gasteiger partial charge in [0.1, 0.15) is 5.75 Å². The average molecular weight is 233 g/mol. The van der Waals surface area contributed by atoms with Crippen LogP contribution in [0.15, 0.2) is 23.1 Å². The van der Waals surface area contributed by atoms with Gasteiger partial charge in [-0.1, -0.05) is 11.6 Å². The molecule has 1 aromatic carbocycles. The molecule has 0 aliphatic rings. The van der Waals surface area contributed by atoms with Crippen molar-refractivity contribution in [1.82, 2.24) is 0 Å². The summed E-state index contributed by atoms with van der Waals surface area (Å²) in [5.74, 6) is 1.40. The lowest BCUT2D eigenvalue weighted by atomic mass is 10.3. The molecule has 0 radical (unpaired) electrons. The summed E-state index contributed by atoms with van der Waals surface area (Å²) in [4.78, 5) is 1.05. The molecule has 0 aliphatic heterocycles. The van der Waals surface area contributed by atoms with Gasteiger partial charge >= 0.3 is 0 Å². The fourth-order valence-electron chi connectivity index (χ4n) is 1.01. The molecular weight excluding hydrogens is 220 g/mol. The molecule has 0 unspecified atom stereocenters. The number of benzene rings is 1. The van der Waals surface area contributed by atoms with Gasteiger partial charge in [0.25, 0.3) is 0 Å². The second kappa shape index (κ2) is 6.17. The Bertz CT molecular complexity index is 291. The topological polar surface area (TPSA) is 29.5 Å². The molecule has 0 amide bonds. The molecule has 78 valence electrons. The van der Waals surface area contributed by atoms with Crippen LogP contribution in [0.1, 0.15) is 6.92 Å². The van der Waals surface area contributed by atoms with E-state index in [0.29, 0.717) is 23.1 Å². The molecule has 0 saturated carbocycles. The van der Waals surface area contributed by atoms with Crippen LogP contribution in [0.25, 0.3) is 0 Å². The third-order valence-corrected chi connectivity index (χ3v) is 2.83. The number of aliphatic hydroxyl groups excluding tert-OH is 1. The van der Waals surface area contributed by atoms with Crippen LogP contribution in [-0.2, 0) is 0 Å². The summed E-state index contributed by atoms with van der Waals surface area (Å²) >= 11 is 7.56. The number of thioether (sulfide) groups is 1. The molecule has 4 heteroatoms. The maximum absolute atomic E-state index is 8.66. The Morgan fingerprint density at radius 3 is 2.86 bits per heavy atom. The Hall–Kier alpha value is -0.380. The molecule has 0 aromatic heterocycles. The van der Waals surface area contributed by atoms with E-state index >= 15 is 0 Å². The molecule has 0 heterocycles. The lowest BCUT2D eigenvalue weighted by molar-refractivity contribution is 0.322. The molecule has 1 N–H and O–H groups in total. The highest BCUT2D eigenvalue weighted by Gasteiger charge is 2.02. The van der Waals surface area contributed by atoms with Crippen molar-refractivity contribution in [1.29, 1.82) is 0 Å². The highest BCUT2D eigenvalue weighted by molar-refractivity contribution is 7.99. The average Bonchev–Trinajstić information content (AvgIpc) is 2.19. The van der Waals surface area contributed by atoms with Gasteiger partial charge < -0.3 is 9.84 Å². The smallest absolute Gasteiger partial charge is 0.137 e. The Balaban J connectivity index is 2.68. The molecule has 14 heavy (non-hydrogen) atoms. The molecule has 0 bridgehead atoms. The van der Waals surface area contributed by atoms with Crippen LogP contribution < -0.4 is 4.74 Å². The minimum Gasteiger partial charge on any atom is -0.492 e. The first-order valence-electron chi connectivity index (χ1n) is 4.44. The monoisotopic (exact) mass is 232 g/mol. The summed E-state index contributed by atoms with van der Waals surface area (Å²) in [7, 11) is 0. The van der Waals surface area contributed by atoms with E-state index in [1.54, 1.807) is 11.8 Å². The first-order chi connectivity index (χ1) is 6.77. The second-order valence-corrected chi connectivity index (χ2v) is 4.17. The number of aliphatic hydroxyl groups is 1. The minimum absolute atomic E-state index is 0.176. The second-order valence-electron chi connectivity index (χ2n) is 2.60. The SMILES string of the molecule is CCOc1ccc(SCCO)cc1Cl. The van der Waals surface area contributed by atoms with Crippen molar-refractivity contribution < 1.29 is 9.84 Å². The van der Waals surface area contributed by atoms with Crippen molar-refractivity contribution in [2.75, 3.05) is 19.0 Å². The molecule has 0 saturated heterocycles. The highest BCUT2D eigenvalue weighted by Crippen LogP contribution is 2.29. The Labute approximate surface area is 93.2 Å². The van der Waals surface area contributed by atoms with Crippen molar-refractivity contribution in [3.63, 3.8) is 0 Å². The minimum atomic E-state index is 0.176. The zero-order chi connectivity index (χ0) is 10.4. The van der Waals surface area contributed by atoms with Crippen molar-refractivity contribution in [3.8, 4) is 5.75 Å². The summed E-state index contributed by atoms with van der Waals surface area (Å²) in [5, 5.41) is 9.28. The Morgan fingerprint density at radius 2 is 2.29 bits per heavy atom. The van der Waals surface area contributed by atoms with Crippen LogP contribution in [0.2, 0.25) is 5.02 Å². The van der Waals surface area contributed by atoms with E-state index < -0.39 is 0 Å². The number of ether oxygens (including phenoxy) is 1. The zero-order valence-electron chi connectivity index (χ0n) is 8.00. The maximum Gasteiger partial charge on any atom is 0.137 e. The van der Waals surface area contributed by atoms with E-state index in [1.165, 1.54) is 0 Å². The molecule has 1 rings (SSSR count). The molecule has 0 spiro atoms. The third kappa shape index (κ3) is 3.40. The van der Waals surface area contributed by atoms with Crippen LogP contribution in [0, 0.1) is 0 Å². The lowest BCUT2D eigenvalue weighted by Crippen LogP contribution is -1.92. The van der Waals surface area contributed by atoms with Crippen LogP contribution in [-0.4, -0.2) is 24.1 Å². The molecule has 2 nitrogen and oxygen atoms in total. The van der Waals surface area contributed by atoms with Gasteiger partial charge in [0.2, 0.25) is 0 Å². The first kappa shape index (κ1) is 11.7. The van der Waals surface area contributed by atoms with Crippen molar-refractivity contribution in [2.45, 2.75) is 11.8 Å². The Kier molecular flexibility index (Phi) is 5.15. The van der Waals surface area contributed by atoms with E-state index in [-0.39, 0.29) is 6.61 Å².